The molecular formula is C15H28S. The Kier molecular flexibility index (Phi) is 3.15. The van der Waals surface area contributed by atoms with Crippen molar-refractivity contribution in [1.82, 2.24) is 0 Å². The van der Waals surface area contributed by atoms with Crippen LogP contribution < -0.4 is 0 Å². The van der Waals surface area contributed by atoms with Crippen molar-refractivity contribution in [3.05, 3.63) is 0 Å². The summed E-state index contributed by atoms with van der Waals surface area (Å²) in [5, 5.41) is 0.947. The second-order valence-corrected chi connectivity index (χ2v) is 10.0. The summed E-state index contributed by atoms with van der Waals surface area (Å²) in [6.45, 7) is 14.4. The van der Waals surface area contributed by atoms with Crippen LogP contribution in [-0.2, 0) is 0 Å². The molecule has 0 spiro atoms. The number of fused-ring (bicyclic) bond motifs is 2. The van der Waals surface area contributed by atoms with Crippen LogP contribution in [0.25, 0.3) is 0 Å². The van der Waals surface area contributed by atoms with E-state index in [0.717, 1.165) is 23.0 Å². The topological polar surface area (TPSA) is 0 Å². The first-order valence-corrected chi connectivity index (χ1v) is 7.72. The van der Waals surface area contributed by atoms with Crippen LogP contribution in [-0.4, -0.2) is 10.00 Å². The molecule has 94 valence electrons. The number of hydrogen-bond donors (Lipinski definition) is 0. The number of thioether (sulfide) groups is 1. The van der Waals surface area contributed by atoms with E-state index in [-0.39, 0.29) is 0 Å². The predicted octanol–water partition coefficient (Wildman–Crippen LogP) is 4.98. The van der Waals surface area contributed by atoms with Crippen molar-refractivity contribution < 1.29 is 0 Å². The molecule has 0 aromatic rings. The Labute approximate surface area is 106 Å². The summed E-state index contributed by atoms with van der Waals surface area (Å²) in [4.78, 5) is 0. The molecule has 16 heavy (non-hydrogen) atoms. The summed E-state index contributed by atoms with van der Waals surface area (Å²) >= 11 is 2.25. The Morgan fingerprint density at radius 1 is 0.875 bits per heavy atom. The third kappa shape index (κ3) is 2.60. The average molecular weight is 240 g/mol. The van der Waals surface area contributed by atoms with E-state index in [1.165, 1.54) is 19.3 Å². The molecule has 0 N–H and O–H groups in total. The Balaban J connectivity index is 2.05. The van der Waals surface area contributed by atoms with Crippen molar-refractivity contribution in [3.63, 3.8) is 0 Å². The molecule has 0 aromatic heterocycles. The van der Waals surface area contributed by atoms with Gasteiger partial charge in [-0.25, -0.2) is 0 Å². The molecule has 4 unspecified atom stereocenters. The molecule has 0 heterocycles. The molecule has 0 saturated heterocycles. The van der Waals surface area contributed by atoms with Crippen molar-refractivity contribution in [2.75, 3.05) is 0 Å². The third-order valence-corrected chi connectivity index (χ3v) is 5.92. The highest BCUT2D eigenvalue weighted by Gasteiger charge is 2.50. The van der Waals surface area contributed by atoms with Gasteiger partial charge >= 0.3 is 0 Å². The lowest BCUT2D eigenvalue weighted by Crippen LogP contribution is -2.33. The fourth-order valence-corrected chi connectivity index (χ4v) is 5.62. The van der Waals surface area contributed by atoms with Crippen LogP contribution >= 0.6 is 11.8 Å². The van der Waals surface area contributed by atoms with Gasteiger partial charge in [0.1, 0.15) is 0 Å². The van der Waals surface area contributed by atoms with E-state index in [1.807, 2.05) is 0 Å². The minimum atomic E-state index is 0.442. The molecule has 2 aliphatic carbocycles. The first-order chi connectivity index (χ1) is 7.17. The van der Waals surface area contributed by atoms with Crippen molar-refractivity contribution in [2.24, 2.45) is 23.2 Å². The van der Waals surface area contributed by atoms with Gasteiger partial charge in [0.2, 0.25) is 0 Å². The van der Waals surface area contributed by atoms with Crippen LogP contribution in [0.2, 0.25) is 0 Å². The Morgan fingerprint density at radius 2 is 1.50 bits per heavy atom. The standard InChI is InChI=1S/C15H28S/c1-14(2,3)12-8-10-7-11(12)13(9-10)16-15(4,5)6/h10-13H,7-9H2,1-6H3. The maximum Gasteiger partial charge on any atom is 0.00861 e. The van der Waals surface area contributed by atoms with Crippen molar-refractivity contribution in [3.8, 4) is 0 Å². The minimum Gasteiger partial charge on any atom is -0.152 e. The lowest BCUT2D eigenvalue weighted by atomic mass is 9.71. The molecule has 2 fully saturated rings. The maximum atomic E-state index is 2.44. The average Bonchev–Trinajstić information content (AvgIpc) is 2.56. The van der Waals surface area contributed by atoms with Gasteiger partial charge in [-0.3, -0.25) is 0 Å². The molecule has 2 aliphatic rings. The third-order valence-electron chi connectivity index (χ3n) is 4.37. The normalized spacial score (nSPS) is 39.4. The fraction of sp³-hybridized carbons (Fsp3) is 1.00. The molecular weight excluding hydrogens is 212 g/mol. The van der Waals surface area contributed by atoms with E-state index in [1.54, 1.807) is 0 Å². The van der Waals surface area contributed by atoms with Crippen LogP contribution in [0, 0.1) is 23.2 Å². The molecule has 1 heteroatoms. The highest BCUT2D eigenvalue weighted by molar-refractivity contribution is 8.01. The zero-order chi connectivity index (χ0) is 12.1. The van der Waals surface area contributed by atoms with Gasteiger partial charge in [-0.15, -0.1) is 0 Å². The predicted molar refractivity (Wildman–Crippen MR) is 74.9 cm³/mol. The van der Waals surface area contributed by atoms with Gasteiger partial charge in [-0.2, -0.15) is 11.8 Å². The van der Waals surface area contributed by atoms with E-state index < -0.39 is 0 Å². The van der Waals surface area contributed by atoms with E-state index in [0.29, 0.717) is 10.2 Å². The quantitative estimate of drug-likeness (QED) is 0.623. The summed E-state index contributed by atoms with van der Waals surface area (Å²) in [5.41, 5.74) is 0.524. The Bertz CT molecular complexity index is 254. The molecule has 2 rings (SSSR count). The van der Waals surface area contributed by atoms with Crippen molar-refractivity contribution in [2.45, 2.75) is 70.8 Å². The molecule has 0 nitrogen and oxygen atoms in total. The number of rotatable bonds is 1. The summed E-state index contributed by atoms with van der Waals surface area (Å²) in [6, 6.07) is 0. The molecule has 2 saturated carbocycles. The van der Waals surface area contributed by atoms with E-state index in [2.05, 4.69) is 53.3 Å². The summed E-state index contributed by atoms with van der Waals surface area (Å²) < 4.78 is 0.442. The van der Waals surface area contributed by atoms with Crippen molar-refractivity contribution in [1.29, 1.82) is 0 Å². The summed E-state index contributed by atoms with van der Waals surface area (Å²) in [5.74, 6) is 3.04. The lowest BCUT2D eigenvalue weighted by molar-refractivity contribution is 0.165. The fourth-order valence-electron chi connectivity index (χ4n) is 3.87. The van der Waals surface area contributed by atoms with Crippen LogP contribution in [0.4, 0.5) is 0 Å². The summed E-state index contributed by atoms with van der Waals surface area (Å²) in [7, 11) is 0. The second kappa shape index (κ2) is 3.93. The largest absolute Gasteiger partial charge is 0.152 e. The summed E-state index contributed by atoms with van der Waals surface area (Å²) in [6.07, 6.45) is 4.53. The van der Waals surface area contributed by atoms with Gasteiger partial charge in [-0.1, -0.05) is 41.5 Å². The van der Waals surface area contributed by atoms with Crippen molar-refractivity contribution >= 4 is 11.8 Å². The van der Waals surface area contributed by atoms with Crippen LogP contribution in [0.3, 0.4) is 0 Å². The molecule has 0 aromatic carbocycles. The van der Waals surface area contributed by atoms with Gasteiger partial charge in [0.25, 0.3) is 0 Å². The zero-order valence-electron chi connectivity index (χ0n) is 11.8. The van der Waals surface area contributed by atoms with Gasteiger partial charge in [0.15, 0.2) is 0 Å². The van der Waals surface area contributed by atoms with Gasteiger partial charge in [-0.05, 0) is 42.4 Å². The van der Waals surface area contributed by atoms with E-state index >= 15 is 0 Å². The van der Waals surface area contributed by atoms with Crippen LogP contribution in [0.1, 0.15) is 60.8 Å². The second-order valence-electron chi connectivity index (χ2n) is 7.98. The van der Waals surface area contributed by atoms with Gasteiger partial charge in [0, 0.05) is 10.00 Å². The maximum absolute atomic E-state index is 2.44. The highest BCUT2D eigenvalue weighted by atomic mass is 32.2. The molecule has 4 atom stereocenters. The number of hydrogen-bond acceptors (Lipinski definition) is 1. The Hall–Kier alpha value is 0.350. The zero-order valence-corrected chi connectivity index (χ0v) is 12.7. The lowest BCUT2D eigenvalue weighted by Gasteiger charge is -2.39. The van der Waals surface area contributed by atoms with Gasteiger partial charge < -0.3 is 0 Å². The van der Waals surface area contributed by atoms with Gasteiger partial charge in [0.05, 0.1) is 0 Å². The minimum absolute atomic E-state index is 0.442. The smallest absolute Gasteiger partial charge is 0.00861 e. The highest BCUT2D eigenvalue weighted by Crippen LogP contribution is 2.58. The first kappa shape index (κ1) is 12.8. The monoisotopic (exact) mass is 240 g/mol. The molecule has 0 aliphatic heterocycles. The molecule has 2 bridgehead atoms. The Morgan fingerprint density at radius 3 is 1.94 bits per heavy atom. The first-order valence-electron chi connectivity index (χ1n) is 6.84. The molecule has 0 radical (unpaired) electrons. The SMILES string of the molecule is CC(C)(C)SC1CC2CC1C(C(C)(C)C)C2. The van der Waals surface area contributed by atoms with E-state index in [9.17, 15) is 0 Å². The van der Waals surface area contributed by atoms with Crippen LogP contribution in [0.15, 0.2) is 0 Å². The van der Waals surface area contributed by atoms with E-state index in [4.69, 9.17) is 0 Å². The molecule has 0 amide bonds. The van der Waals surface area contributed by atoms with Crippen LogP contribution in [0.5, 0.6) is 0 Å².